The monoisotopic (exact) mass is 753 g/mol. The summed E-state index contributed by atoms with van der Waals surface area (Å²) in [4.78, 5) is 23.4. The van der Waals surface area contributed by atoms with E-state index >= 15 is 0 Å². The van der Waals surface area contributed by atoms with E-state index in [0.717, 1.165) is 34.6 Å². The van der Waals surface area contributed by atoms with Crippen molar-refractivity contribution in [3.8, 4) is 44.8 Å². The molecule has 8 nitrogen and oxygen atoms in total. The van der Waals surface area contributed by atoms with Gasteiger partial charge in [-0.1, -0.05) is 42.5 Å². The summed E-state index contributed by atoms with van der Waals surface area (Å²) in [5, 5.41) is 0. The molecule has 0 unspecified atom stereocenters. The zero-order valence-electron chi connectivity index (χ0n) is 30.6. The Balaban J connectivity index is 0.807. The lowest BCUT2D eigenvalue weighted by Gasteiger charge is -2.05. The van der Waals surface area contributed by atoms with Crippen LogP contribution in [0.25, 0.3) is 44.8 Å². The molecule has 0 radical (unpaired) electrons. The van der Waals surface area contributed by atoms with E-state index < -0.39 is 7.60 Å². The van der Waals surface area contributed by atoms with Gasteiger partial charge in [0.15, 0.2) is 62.7 Å². The van der Waals surface area contributed by atoms with E-state index in [2.05, 4.69) is 160 Å². The Labute approximate surface area is 325 Å². The molecule has 0 amide bonds. The first-order valence-corrected chi connectivity index (χ1v) is 20.4. The number of fused-ring (bicyclic) bond motifs is 3. The van der Waals surface area contributed by atoms with Gasteiger partial charge in [0.1, 0.15) is 11.4 Å². The van der Waals surface area contributed by atoms with Crippen LogP contribution in [-0.4, -0.2) is 14.8 Å². The fourth-order valence-electron chi connectivity index (χ4n) is 7.48. The molecule has 5 heterocycles. The number of aromatic nitrogens is 5. The van der Waals surface area contributed by atoms with E-state index in [1.54, 1.807) is 12.1 Å². The minimum absolute atomic E-state index is 0.259. The minimum atomic E-state index is -4.09. The van der Waals surface area contributed by atoms with Crippen LogP contribution < -0.4 is 18.3 Å². The third kappa shape index (κ3) is 7.86. The fourth-order valence-corrected chi connectivity index (χ4v) is 8.16. The molecule has 3 aromatic carbocycles. The molecule has 0 aliphatic heterocycles. The Bertz CT molecular complexity index is 2710. The molecule has 1 aliphatic rings. The molecule has 0 fully saturated rings. The molecule has 0 spiro atoms. The maximum absolute atomic E-state index is 11.3. The van der Waals surface area contributed by atoms with Crippen LogP contribution in [0.15, 0.2) is 183 Å². The molecular formula is C47H40N5O3P+4. The first kappa shape index (κ1) is 35.3. The van der Waals surface area contributed by atoms with Crippen molar-refractivity contribution in [1.82, 2.24) is 4.98 Å². The lowest BCUT2D eigenvalue weighted by atomic mass is 10.1. The zero-order valence-corrected chi connectivity index (χ0v) is 31.5. The second-order valence-corrected chi connectivity index (χ2v) is 15.9. The molecule has 1 aliphatic carbocycles. The molecule has 0 saturated carbocycles. The summed E-state index contributed by atoms with van der Waals surface area (Å²) in [6, 6.07) is 45.9. The molecule has 0 saturated heterocycles. The quantitative estimate of drug-likeness (QED) is 0.118. The van der Waals surface area contributed by atoms with Crippen LogP contribution in [0.1, 0.15) is 28.1 Å². The molecule has 9 rings (SSSR count). The van der Waals surface area contributed by atoms with Gasteiger partial charge in [0.05, 0.1) is 6.16 Å². The Kier molecular flexibility index (Phi) is 9.45. The Hall–Kier alpha value is -6.44. The van der Waals surface area contributed by atoms with Crippen molar-refractivity contribution in [3.05, 3.63) is 211 Å². The fraction of sp³-hybridized carbons (Fsp3) is 0.0851. The average molecular weight is 754 g/mol. The van der Waals surface area contributed by atoms with Crippen molar-refractivity contribution in [2.24, 2.45) is 0 Å². The van der Waals surface area contributed by atoms with Crippen LogP contribution in [0, 0.1) is 0 Å². The Morgan fingerprint density at radius 2 is 0.982 bits per heavy atom. The summed E-state index contributed by atoms with van der Waals surface area (Å²) in [6.07, 6.45) is 17.4. The molecule has 8 aromatic rings. The highest BCUT2D eigenvalue weighted by atomic mass is 31.2. The van der Waals surface area contributed by atoms with Crippen molar-refractivity contribution < 1.29 is 32.6 Å². The van der Waals surface area contributed by atoms with Crippen LogP contribution in [-0.2, 0) is 30.2 Å². The van der Waals surface area contributed by atoms with Crippen LogP contribution >= 0.6 is 7.60 Å². The van der Waals surface area contributed by atoms with Gasteiger partial charge in [0, 0.05) is 72.8 Å². The number of hydrogen-bond donors (Lipinski definition) is 2. The normalized spacial score (nSPS) is 12.0. The van der Waals surface area contributed by atoms with E-state index in [1.165, 1.54) is 39.1 Å². The number of nitrogens with zero attached hydrogens (tertiary/aromatic N) is 5. The predicted molar refractivity (Wildman–Crippen MR) is 214 cm³/mol. The number of benzene rings is 3. The highest BCUT2D eigenvalue weighted by molar-refractivity contribution is 7.50. The molecular weight excluding hydrogens is 714 g/mol. The van der Waals surface area contributed by atoms with Crippen LogP contribution in [0.5, 0.6) is 0 Å². The Morgan fingerprint density at radius 3 is 1.54 bits per heavy atom. The molecule has 9 heteroatoms. The second-order valence-electron chi connectivity index (χ2n) is 14.3. The van der Waals surface area contributed by atoms with Gasteiger partial charge in [0.25, 0.3) is 0 Å². The zero-order chi connectivity index (χ0) is 38.1. The first-order chi connectivity index (χ1) is 27.3. The van der Waals surface area contributed by atoms with E-state index in [0.29, 0.717) is 18.7 Å². The molecule has 0 atom stereocenters. The molecule has 56 heavy (non-hydrogen) atoms. The molecule has 272 valence electrons. The maximum Gasteiger partial charge on any atom is 0.329 e. The first-order valence-electron chi connectivity index (χ1n) is 18.6. The smallest absolute Gasteiger partial charge is 0.324 e. The number of hydrogen-bond acceptors (Lipinski definition) is 2. The summed E-state index contributed by atoms with van der Waals surface area (Å²) in [5.41, 5.74) is 14.7. The van der Waals surface area contributed by atoms with Gasteiger partial charge in [-0.05, 0) is 74.7 Å². The van der Waals surface area contributed by atoms with Crippen LogP contribution in [0.4, 0.5) is 0 Å². The lowest BCUT2D eigenvalue weighted by molar-refractivity contribution is -0.690. The van der Waals surface area contributed by atoms with Gasteiger partial charge in [-0.2, -0.15) is 18.3 Å². The minimum Gasteiger partial charge on any atom is -0.324 e. The largest absolute Gasteiger partial charge is 0.329 e. The van der Waals surface area contributed by atoms with E-state index in [-0.39, 0.29) is 6.16 Å². The van der Waals surface area contributed by atoms with Gasteiger partial charge in [-0.15, -0.1) is 0 Å². The molecule has 2 N–H and O–H groups in total. The molecule has 5 aromatic heterocycles. The number of pyridine rings is 5. The maximum atomic E-state index is 11.3. The predicted octanol–water partition coefficient (Wildman–Crippen LogP) is 6.89. The third-order valence-electron chi connectivity index (χ3n) is 10.4. The highest BCUT2D eigenvalue weighted by Crippen LogP contribution is 2.39. The highest BCUT2D eigenvalue weighted by Gasteiger charge is 2.21. The lowest BCUT2D eigenvalue weighted by Crippen LogP contribution is -2.35. The van der Waals surface area contributed by atoms with Crippen molar-refractivity contribution in [1.29, 1.82) is 0 Å². The van der Waals surface area contributed by atoms with Gasteiger partial charge in [-0.3, -0.25) is 4.57 Å². The van der Waals surface area contributed by atoms with Crippen molar-refractivity contribution in [3.63, 3.8) is 0 Å². The summed E-state index contributed by atoms with van der Waals surface area (Å²) in [6.45, 7) is 1.35. The summed E-state index contributed by atoms with van der Waals surface area (Å²) in [5.74, 6) is 0. The topological polar surface area (TPSA) is 85.9 Å². The average Bonchev–Trinajstić information content (AvgIpc) is 3.60. The van der Waals surface area contributed by atoms with Crippen molar-refractivity contribution in [2.45, 2.75) is 25.7 Å². The van der Waals surface area contributed by atoms with E-state index in [4.69, 9.17) is 4.98 Å². The van der Waals surface area contributed by atoms with Crippen LogP contribution in [0.2, 0.25) is 0 Å². The second kappa shape index (κ2) is 15.0. The summed E-state index contributed by atoms with van der Waals surface area (Å²) in [7, 11) is -4.09. The molecule has 0 bridgehead atoms. The van der Waals surface area contributed by atoms with Gasteiger partial charge in [0.2, 0.25) is 11.4 Å². The summed E-state index contributed by atoms with van der Waals surface area (Å²) < 4.78 is 19.8. The SMILES string of the molecule is O=P(O)(O)Cc1ccc(-[n+]2ccc(-c3cc[n+](Cc4cccc(C[n+]5ccc(-c6cc[n+](-c7ccc8c(c7)Cc7ccccc7-8)cc6)cc5)n4)cc3)cc2)cc1. The van der Waals surface area contributed by atoms with Crippen molar-refractivity contribution in [2.75, 3.05) is 0 Å². The van der Waals surface area contributed by atoms with Gasteiger partial charge >= 0.3 is 7.60 Å². The number of rotatable bonds is 10. The van der Waals surface area contributed by atoms with Crippen LogP contribution in [0.3, 0.4) is 0 Å². The summed E-state index contributed by atoms with van der Waals surface area (Å²) >= 11 is 0. The van der Waals surface area contributed by atoms with Crippen molar-refractivity contribution >= 4 is 7.60 Å². The Morgan fingerprint density at radius 1 is 0.500 bits per heavy atom. The van der Waals surface area contributed by atoms with Gasteiger partial charge < -0.3 is 9.79 Å². The standard InChI is InChI=1S/C47H38N5O3P/c53-56(54,55)34-35-8-10-44(11-9-35)51-26-18-38(19-27-51)36-14-22-49(23-15-36)32-42-5-3-6-43(48-42)33-50-24-16-37(17-25-50)39-20-28-52(29-21-39)45-12-13-47-41(31-45)30-40-4-1-2-7-46(40)47/h1-29,31H,30,32-34H2/q+2/p+2. The third-order valence-corrected chi connectivity index (χ3v) is 11.1. The van der Waals surface area contributed by atoms with Gasteiger partial charge in [-0.25, -0.2) is 4.98 Å². The van der Waals surface area contributed by atoms with E-state index in [9.17, 15) is 14.4 Å². The van der Waals surface area contributed by atoms with E-state index in [1.807, 2.05) is 29.1 Å².